The largest absolute Gasteiger partial charge is 0.332 e. The first-order chi connectivity index (χ1) is 9.56. The summed E-state index contributed by atoms with van der Waals surface area (Å²) in [4.78, 5) is 12.0. The van der Waals surface area contributed by atoms with Gasteiger partial charge in [0.05, 0.1) is 5.56 Å². The second kappa shape index (κ2) is 6.83. The van der Waals surface area contributed by atoms with E-state index in [-0.39, 0.29) is 11.0 Å². The molecule has 0 atom stereocenters. The zero-order chi connectivity index (χ0) is 14.5. The maximum Gasteiger partial charge on any atom is 0.258 e. The Morgan fingerprint density at radius 3 is 2.40 bits per heavy atom. The highest BCUT2D eigenvalue weighted by atomic mass is 79.9. The lowest BCUT2D eigenvalue weighted by atomic mass is 10.2. The first kappa shape index (κ1) is 15.0. The van der Waals surface area contributed by atoms with Crippen molar-refractivity contribution >= 4 is 56.5 Å². The van der Waals surface area contributed by atoms with Crippen molar-refractivity contribution < 1.29 is 4.79 Å². The Morgan fingerprint density at radius 1 is 1.10 bits per heavy atom. The third-order valence-corrected chi connectivity index (χ3v) is 3.60. The second-order valence-electron chi connectivity index (χ2n) is 3.89. The number of hydrogen-bond acceptors (Lipinski definition) is 2. The predicted molar refractivity (Wildman–Crippen MR) is 89.3 cm³/mol. The van der Waals surface area contributed by atoms with Crippen LogP contribution in [0.1, 0.15) is 10.4 Å². The van der Waals surface area contributed by atoms with E-state index in [9.17, 15) is 4.79 Å². The fraction of sp³-hybridized carbons (Fsp3) is 0. The second-order valence-corrected chi connectivity index (χ2v) is 5.59. The van der Waals surface area contributed by atoms with Gasteiger partial charge in [0.25, 0.3) is 5.91 Å². The molecular weight excluding hydrogens is 360 g/mol. The Hall–Kier alpha value is -1.43. The molecule has 0 saturated carbocycles. The predicted octanol–water partition coefficient (Wildman–Crippen LogP) is 4.23. The molecule has 0 aliphatic rings. The number of rotatable bonds is 2. The number of thiocarbonyl (C=S) groups is 1. The summed E-state index contributed by atoms with van der Waals surface area (Å²) in [7, 11) is 0. The smallest absolute Gasteiger partial charge is 0.258 e. The molecule has 0 aromatic heterocycles. The van der Waals surface area contributed by atoms with E-state index in [2.05, 4.69) is 26.6 Å². The van der Waals surface area contributed by atoms with Crippen LogP contribution in [0.5, 0.6) is 0 Å². The lowest BCUT2D eigenvalue weighted by Crippen LogP contribution is -2.34. The first-order valence-electron chi connectivity index (χ1n) is 5.68. The topological polar surface area (TPSA) is 41.1 Å². The molecule has 0 saturated heterocycles. The molecule has 3 nitrogen and oxygen atoms in total. The Morgan fingerprint density at radius 2 is 1.75 bits per heavy atom. The Labute approximate surface area is 135 Å². The van der Waals surface area contributed by atoms with Gasteiger partial charge in [0.1, 0.15) is 0 Å². The van der Waals surface area contributed by atoms with Crippen LogP contribution in [0.4, 0.5) is 5.69 Å². The number of benzene rings is 2. The Kier molecular flexibility index (Phi) is 5.11. The van der Waals surface area contributed by atoms with Gasteiger partial charge in [-0.05, 0) is 64.5 Å². The summed E-state index contributed by atoms with van der Waals surface area (Å²) in [5.74, 6) is -0.274. The summed E-state index contributed by atoms with van der Waals surface area (Å²) in [5.41, 5.74) is 1.28. The van der Waals surface area contributed by atoms with E-state index in [0.29, 0.717) is 15.1 Å². The molecule has 20 heavy (non-hydrogen) atoms. The van der Waals surface area contributed by atoms with Crippen LogP contribution in [0.3, 0.4) is 0 Å². The van der Waals surface area contributed by atoms with Gasteiger partial charge in [-0.25, -0.2) is 0 Å². The van der Waals surface area contributed by atoms with Gasteiger partial charge in [-0.2, -0.15) is 0 Å². The fourth-order valence-electron chi connectivity index (χ4n) is 1.51. The number of anilines is 1. The van der Waals surface area contributed by atoms with Crippen LogP contribution in [0, 0.1) is 0 Å². The lowest BCUT2D eigenvalue weighted by Gasteiger charge is -2.10. The van der Waals surface area contributed by atoms with E-state index in [4.69, 9.17) is 23.8 Å². The summed E-state index contributed by atoms with van der Waals surface area (Å²) in [5, 5.41) is 6.40. The molecule has 0 aliphatic heterocycles. The van der Waals surface area contributed by atoms with Crippen LogP contribution in [0.2, 0.25) is 5.02 Å². The molecule has 2 aromatic rings. The molecule has 1 amide bonds. The molecule has 2 aromatic carbocycles. The van der Waals surface area contributed by atoms with E-state index in [1.54, 1.807) is 42.5 Å². The summed E-state index contributed by atoms with van der Waals surface area (Å²) >= 11 is 14.2. The van der Waals surface area contributed by atoms with Gasteiger partial charge < -0.3 is 5.32 Å². The van der Waals surface area contributed by atoms with Crippen molar-refractivity contribution in [3.05, 3.63) is 63.6 Å². The minimum atomic E-state index is -0.274. The maximum absolute atomic E-state index is 12.0. The molecule has 6 heteroatoms. The molecule has 0 bridgehead atoms. The normalized spacial score (nSPS) is 9.90. The minimum Gasteiger partial charge on any atom is -0.332 e. The van der Waals surface area contributed by atoms with Crippen molar-refractivity contribution in [2.45, 2.75) is 0 Å². The van der Waals surface area contributed by atoms with Gasteiger partial charge in [-0.1, -0.05) is 23.7 Å². The first-order valence-corrected chi connectivity index (χ1v) is 7.26. The molecule has 0 radical (unpaired) electrons. The van der Waals surface area contributed by atoms with E-state index in [0.717, 1.165) is 5.69 Å². The number of amides is 1. The lowest BCUT2D eigenvalue weighted by molar-refractivity contribution is 0.0977. The molecule has 0 spiro atoms. The summed E-state index contributed by atoms with van der Waals surface area (Å²) < 4.78 is 0.715. The quantitative estimate of drug-likeness (QED) is 0.778. The molecule has 0 aliphatic carbocycles. The average molecular weight is 370 g/mol. The van der Waals surface area contributed by atoms with Crippen LogP contribution in [-0.4, -0.2) is 11.0 Å². The zero-order valence-electron chi connectivity index (χ0n) is 10.2. The van der Waals surface area contributed by atoms with Crippen molar-refractivity contribution in [3.63, 3.8) is 0 Å². The third kappa shape index (κ3) is 4.03. The fourth-order valence-corrected chi connectivity index (χ4v) is 2.31. The van der Waals surface area contributed by atoms with Gasteiger partial charge in [0.2, 0.25) is 0 Å². The van der Waals surface area contributed by atoms with Crippen LogP contribution in [0.25, 0.3) is 0 Å². The summed E-state index contributed by atoms with van der Waals surface area (Å²) in [6, 6.07) is 14.2. The van der Waals surface area contributed by atoms with Crippen molar-refractivity contribution in [1.29, 1.82) is 0 Å². The van der Waals surface area contributed by atoms with E-state index < -0.39 is 0 Å². The minimum absolute atomic E-state index is 0.230. The van der Waals surface area contributed by atoms with E-state index >= 15 is 0 Å². The number of carbonyl (C=O) groups is 1. The zero-order valence-corrected chi connectivity index (χ0v) is 13.3. The maximum atomic E-state index is 12.0. The standard InChI is InChI=1S/C14H10BrClN2OS/c15-12-4-2-1-3-11(12)13(19)18-14(20)17-10-7-5-9(16)6-8-10/h1-8H,(H2,17,18,19,20). The average Bonchev–Trinajstić information content (AvgIpc) is 2.41. The van der Waals surface area contributed by atoms with Crippen LogP contribution in [-0.2, 0) is 0 Å². The number of nitrogens with one attached hydrogen (secondary N) is 2. The van der Waals surface area contributed by atoms with Crippen molar-refractivity contribution in [1.82, 2.24) is 5.32 Å². The summed E-state index contributed by atoms with van der Waals surface area (Å²) in [6.07, 6.45) is 0. The molecule has 2 rings (SSSR count). The van der Waals surface area contributed by atoms with Crippen LogP contribution >= 0.6 is 39.7 Å². The molecule has 2 N–H and O–H groups in total. The van der Waals surface area contributed by atoms with Crippen LogP contribution in [0.15, 0.2) is 53.0 Å². The Balaban J connectivity index is 2.00. The van der Waals surface area contributed by atoms with Gasteiger partial charge in [-0.3, -0.25) is 10.1 Å². The molecule has 0 unspecified atom stereocenters. The number of carbonyl (C=O) groups excluding carboxylic acids is 1. The highest BCUT2D eigenvalue weighted by Crippen LogP contribution is 2.16. The molecule has 102 valence electrons. The molecule has 0 heterocycles. The SMILES string of the molecule is O=C(NC(=S)Nc1ccc(Cl)cc1)c1ccccc1Br. The van der Waals surface area contributed by atoms with Crippen molar-refractivity contribution in [2.24, 2.45) is 0 Å². The van der Waals surface area contributed by atoms with Gasteiger partial charge in [0.15, 0.2) is 5.11 Å². The Bertz CT molecular complexity index is 646. The van der Waals surface area contributed by atoms with Crippen molar-refractivity contribution in [3.8, 4) is 0 Å². The third-order valence-electron chi connectivity index (χ3n) is 2.45. The molecular formula is C14H10BrClN2OS. The highest BCUT2D eigenvalue weighted by Gasteiger charge is 2.10. The highest BCUT2D eigenvalue weighted by molar-refractivity contribution is 9.10. The molecule has 0 fully saturated rings. The van der Waals surface area contributed by atoms with Gasteiger partial charge in [-0.15, -0.1) is 0 Å². The summed E-state index contributed by atoms with van der Waals surface area (Å²) in [6.45, 7) is 0. The number of halogens is 2. The van der Waals surface area contributed by atoms with E-state index in [1.165, 1.54) is 0 Å². The van der Waals surface area contributed by atoms with Crippen LogP contribution < -0.4 is 10.6 Å². The van der Waals surface area contributed by atoms with Crippen molar-refractivity contribution in [2.75, 3.05) is 5.32 Å². The van der Waals surface area contributed by atoms with E-state index in [1.807, 2.05) is 6.07 Å². The monoisotopic (exact) mass is 368 g/mol. The van der Waals surface area contributed by atoms with Gasteiger partial charge in [0, 0.05) is 15.2 Å². The number of hydrogen-bond donors (Lipinski definition) is 2. The van der Waals surface area contributed by atoms with Gasteiger partial charge >= 0.3 is 0 Å².